The third-order valence-corrected chi connectivity index (χ3v) is 6.03. The molecule has 2 N–H and O–H groups in total. The fourth-order valence-corrected chi connectivity index (χ4v) is 4.02. The zero-order valence-corrected chi connectivity index (χ0v) is 22.2. The summed E-state index contributed by atoms with van der Waals surface area (Å²) >= 11 is 0. The van der Waals surface area contributed by atoms with Gasteiger partial charge in [-0.3, -0.25) is 4.98 Å². The summed E-state index contributed by atoms with van der Waals surface area (Å²) in [5, 5.41) is 6.66. The molecule has 6 nitrogen and oxygen atoms in total. The van der Waals surface area contributed by atoms with Gasteiger partial charge in [0.1, 0.15) is 5.82 Å². The van der Waals surface area contributed by atoms with Crippen molar-refractivity contribution in [3.05, 3.63) is 85.5 Å². The predicted octanol–water partition coefficient (Wildman–Crippen LogP) is 6.38. The van der Waals surface area contributed by atoms with Crippen molar-refractivity contribution in [3.63, 3.8) is 0 Å². The van der Waals surface area contributed by atoms with E-state index < -0.39 is 0 Å². The van der Waals surface area contributed by atoms with Gasteiger partial charge in [0.25, 0.3) is 0 Å². The van der Waals surface area contributed by atoms with Crippen LogP contribution in [0.2, 0.25) is 0 Å². The molecule has 6 heteroatoms. The van der Waals surface area contributed by atoms with Crippen LogP contribution >= 0.6 is 0 Å². The highest BCUT2D eigenvalue weighted by atomic mass is 15.1. The van der Waals surface area contributed by atoms with Crippen LogP contribution in [0.4, 0.5) is 17.2 Å². The van der Waals surface area contributed by atoms with E-state index in [0.717, 1.165) is 65.6 Å². The van der Waals surface area contributed by atoms with Crippen molar-refractivity contribution in [3.8, 4) is 11.1 Å². The number of nitrogens with zero attached hydrogens (tertiary/aromatic N) is 4. The second-order valence-electron chi connectivity index (χ2n) is 8.95. The Morgan fingerprint density at radius 1 is 0.972 bits per heavy atom. The molecule has 1 aliphatic rings. The van der Waals surface area contributed by atoms with E-state index in [9.17, 15) is 0 Å². The number of anilines is 3. The summed E-state index contributed by atoms with van der Waals surface area (Å²) in [4.78, 5) is 13.5. The number of pyridine rings is 2. The Labute approximate surface area is 216 Å². The van der Waals surface area contributed by atoms with Crippen LogP contribution in [0.3, 0.4) is 0 Å². The van der Waals surface area contributed by atoms with Crippen LogP contribution in [0.25, 0.3) is 16.7 Å². The Bertz CT molecular complexity index is 1130. The van der Waals surface area contributed by atoms with Crippen molar-refractivity contribution >= 4 is 22.8 Å². The summed E-state index contributed by atoms with van der Waals surface area (Å²) in [6.07, 6.45) is 8.19. The van der Waals surface area contributed by atoms with Crippen LogP contribution in [0.1, 0.15) is 32.3 Å². The smallest absolute Gasteiger partial charge is 0.126 e. The van der Waals surface area contributed by atoms with Crippen LogP contribution in [0.15, 0.2) is 79.9 Å². The third kappa shape index (κ3) is 7.43. The molecule has 0 unspecified atom stereocenters. The number of aromatic nitrogens is 2. The fraction of sp³-hybridized carbons (Fsp3) is 0.333. The van der Waals surface area contributed by atoms with Crippen LogP contribution in [0, 0.1) is 0 Å². The minimum absolute atomic E-state index is 0.746. The van der Waals surface area contributed by atoms with Crippen molar-refractivity contribution < 1.29 is 0 Å². The first-order chi connectivity index (χ1) is 17.5. The minimum atomic E-state index is 0.746. The van der Waals surface area contributed by atoms with E-state index in [-0.39, 0.29) is 0 Å². The molecule has 0 amide bonds. The molecule has 0 aliphatic carbocycles. The van der Waals surface area contributed by atoms with E-state index in [2.05, 4.69) is 88.0 Å². The summed E-state index contributed by atoms with van der Waals surface area (Å²) in [5.74, 6) is 0.856. The molecule has 0 atom stereocenters. The topological polar surface area (TPSA) is 56.3 Å². The van der Waals surface area contributed by atoms with E-state index in [0.29, 0.717) is 0 Å². The van der Waals surface area contributed by atoms with Crippen molar-refractivity contribution in [1.29, 1.82) is 0 Å². The maximum Gasteiger partial charge on any atom is 0.126 e. The molecule has 1 saturated heterocycles. The highest BCUT2D eigenvalue weighted by Gasteiger charge is 2.14. The lowest BCUT2D eigenvalue weighted by atomic mass is 9.99. The van der Waals surface area contributed by atoms with Gasteiger partial charge in [0.05, 0.1) is 23.8 Å². The molecule has 1 fully saturated rings. The molecule has 2 aromatic heterocycles. The van der Waals surface area contributed by atoms with Crippen LogP contribution in [-0.4, -0.2) is 55.1 Å². The quantitative estimate of drug-likeness (QED) is 0.326. The molecule has 0 bridgehead atoms. The van der Waals surface area contributed by atoms with Gasteiger partial charge in [0.2, 0.25) is 0 Å². The Morgan fingerprint density at radius 2 is 1.75 bits per heavy atom. The molecule has 1 aliphatic heterocycles. The molecule has 3 aromatic rings. The standard InChI is InChI=1S/C28H34N6.C2H6/c1-21(22(2)32-26-10-11-28(31-19-26)30-12-15-33(3)4)23-8-7-9-24(16-23)25-17-27(20-29-18-25)34-13-5-6-14-34;1-2/h7-11,16-20,32H,1-2,5-6,12-15H2,3-4H3,(H,30,31);1-2H3. The fourth-order valence-electron chi connectivity index (χ4n) is 4.02. The highest BCUT2D eigenvalue weighted by molar-refractivity contribution is 5.82. The number of hydrogen-bond acceptors (Lipinski definition) is 6. The monoisotopic (exact) mass is 484 g/mol. The summed E-state index contributed by atoms with van der Waals surface area (Å²) in [5.41, 5.74) is 6.92. The number of likely N-dealkylation sites (N-methyl/N-ethyl adjacent to an activating group) is 1. The average molecular weight is 485 g/mol. The van der Waals surface area contributed by atoms with Gasteiger partial charge in [-0.2, -0.15) is 0 Å². The van der Waals surface area contributed by atoms with Gasteiger partial charge in [-0.05, 0) is 67.9 Å². The van der Waals surface area contributed by atoms with Gasteiger partial charge >= 0.3 is 0 Å². The Hall–Kier alpha value is -3.64. The highest BCUT2D eigenvalue weighted by Crippen LogP contribution is 2.29. The van der Waals surface area contributed by atoms with E-state index >= 15 is 0 Å². The zero-order valence-electron chi connectivity index (χ0n) is 22.2. The SMILES string of the molecule is C=C(Nc1ccc(NCCN(C)C)nc1)C(=C)c1cccc(-c2cncc(N3CCCC3)c2)c1.CC. The first-order valence-electron chi connectivity index (χ1n) is 12.8. The number of rotatable bonds is 10. The van der Waals surface area contributed by atoms with Crippen LogP contribution in [-0.2, 0) is 0 Å². The van der Waals surface area contributed by atoms with E-state index in [4.69, 9.17) is 0 Å². The van der Waals surface area contributed by atoms with E-state index in [1.165, 1.54) is 18.5 Å². The summed E-state index contributed by atoms with van der Waals surface area (Å²) in [7, 11) is 4.11. The second-order valence-corrected chi connectivity index (χ2v) is 8.95. The largest absolute Gasteiger partial charge is 0.370 e. The van der Waals surface area contributed by atoms with Gasteiger partial charge in [-0.1, -0.05) is 45.2 Å². The van der Waals surface area contributed by atoms with E-state index in [1.54, 1.807) is 0 Å². The number of benzene rings is 1. The van der Waals surface area contributed by atoms with Gasteiger partial charge in [-0.25, -0.2) is 4.98 Å². The van der Waals surface area contributed by atoms with Crippen molar-refractivity contribution in [2.45, 2.75) is 26.7 Å². The number of allylic oxidation sites excluding steroid dienone is 1. The first kappa shape index (κ1) is 27.0. The lowest BCUT2D eigenvalue weighted by molar-refractivity contribution is 0.425. The maximum absolute atomic E-state index is 4.50. The lowest BCUT2D eigenvalue weighted by Crippen LogP contribution is -2.21. The van der Waals surface area contributed by atoms with Crippen LogP contribution < -0.4 is 15.5 Å². The molecular formula is C30H40N6. The third-order valence-electron chi connectivity index (χ3n) is 6.03. The van der Waals surface area contributed by atoms with Crippen LogP contribution in [0.5, 0.6) is 0 Å². The Balaban J connectivity index is 0.00000176. The van der Waals surface area contributed by atoms with Gasteiger partial charge in [-0.15, -0.1) is 0 Å². The maximum atomic E-state index is 4.50. The molecule has 1 aromatic carbocycles. The second kappa shape index (κ2) is 13.4. The van der Waals surface area contributed by atoms with E-state index in [1.807, 2.05) is 44.6 Å². The first-order valence-corrected chi connectivity index (χ1v) is 12.8. The molecule has 36 heavy (non-hydrogen) atoms. The van der Waals surface area contributed by atoms with Crippen molar-refractivity contribution in [2.24, 2.45) is 0 Å². The van der Waals surface area contributed by atoms with Gasteiger partial charge in [0, 0.05) is 43.6 Å². The normalized spacial score (nSPS) is 12.6. The Kier molecular flexibility index (Phi) is 10.1. The molecular weight excluding hydrogens is 444 g/mol. The zero-order chi connectivity index (χ0) is 25.9. The minimum Gasteiger partial charge on any atom is -0.370 e. The molecule has 0 radical (unpaired) electrons. The average Bonchev–Trinajstić information content (AvgIpc) is 3.46. The molecule has 4 rings (SSSR count). The summed E-state index contributed by atoms with van der Waals surface area (Å²) < 4.78 is 0. The summed E-state index contributed by atoms with van der Waals surface area (Å²) in [6, 6.07) is 14.6. The lowest BCUT2D eigenvalue weighted by Gasteiger charge is -2.18. The van der Waals surface area contributed by atoms with Crippen molar-refractivity contribution in [1.82, 2.24) is 14.9 Å². The van der Waals surface area contributed by atoms with Crippen molar-refractivity contribution in [2.75, 3.05) is 55.8 Å². The summed E-state index contributed by atoms with van der Waals surface area (Å²) in [6.45, 7) is 16.5. The molecule has 0 spiro atoms. The molecule has 0 saturated carbocycles. The predicted molar refractivity (Wildman–Crippen MR) is 156 cm³/mol. The Morgan fingerprint density at radius 3 is 2.44 bits per heavy atom. The van der Waals surface area contributed by atoms with Gasteiger partial charge < -0.3 is 20.4 Å². The molecule has 190 valence electrons. The molecule has 3 heterocycles. The number of hydrogen-bond donors (Lipinski definition) is 2. The number of nitrogens with one attached hydrogen (secondary N) is 2. The van der Waals surface area contributed by atoms with Gasteiger partial charge in [0.15, 0.2) is 0 Å².